The summed E-state index contributed by atoms with van der Waals surface area (Å²) in [6, 6.07) is 4.34. The largest absolute Gasteiger partial charge is 0.416 e. The van der Waals surface area contributed by atoms with Crippen LogP contribution in [0.4, 0.5) is 23.7 Å². The fraction of sp³-hybridized carbons (Fsp3) is 0.500. The second kappa shape index (κ2) is 6.34. The predicted molar refractivity (Wildman–Crippen MR) is 74.1 cm³/mol. The van der Waals surface area contributed by atoms with E-state index < -0.39 is 11.7 Å². The molecule has 0 radical (unpaired) electrons. The van der Waals surface area contributed by atoms with Crippen LogP contribution >= 0.6 is 0 Å². The summed E-state index contributed by atoms with van der Waals surface area (Å²) >= 11 is 0. The van der Waals surface area contributed by atoms with Crippen molar-refractivity contribution in [1.29, 1.82) is 0 Å². The lowest BCUT2D eigenvalue weighted by molar-refractivity contribution is -0.137. The van der Waals surface area contributed by atoms with Crippen LogP contribution in [0, 0.1) is 0 Å². The van der Waals surface area contributed by atoms with Gasteiger partial charge < -0.3 is 15.5 Å². The molecule has 0 aromatic heterocycles. The molecule has 0 bridgehead atoms. The molecule has 0 aliphatic carbocycles. The Balaban J connectivity index is 2.00. The summed E-state index contributed by atoms with van der Waals surface area (Å²) in [7, 11) is 0. The van der Waals surface area contributed by atoms with Crippen LogP contribution in [0.15, 0.2) is 24.3 Å². The van der Waals surface area contributed by atoms with Gasteiger partial charge in [0, 0.05) is 25.3 Å². The van der Waals surface area contributed by atoms with Gasteiger partial charge in [-0.15, -0.1) is 0 Å². The SMILES string of the molecule is CCCN(C(=O)Nc1ccc(C(F)(F)F)cc1)C1CNC1. The van der Waals surface area contributed by atoms with E-state index in [-0.39, 0.29) is 12.1 Å². The number of carbonyl (C=O) groups excluding carboxylic acids is 1. The molecule has 1 aromatic rings. The van der Waals surface area contributed by atoms with E-state index in [1.165, 1.54) is 12.1 Å². The minimum atomic E-state index is -4.37. The van der Waals surface area contributed by atoms with Crippen LogP contribution in [0.2, 0.25) is 0 Å². The van der Waals surface area contributed by atoms with Crippen LogP contribution in [-0.2, 0) is 6.18 Å². The minimum Gasteiger partial charge on any atom is -0.319 e. The van der Waals surface area contributed by atoms with Crippen molar-refractivity contribution < 1.29 is 18.0 Å². The number of urea groups is 1. The van der Waals surface area contributed by atoms with Crippen LogP contribution in [0.1, 0.15) is 18.9 Å². The van der Waals surface area contributed by atoms with Crippen molar-refractivity contribution in [3.05, 3.63) is 29.8 Å². The summed E-state index contributed by atoms with van der Waals surface area (Å²) < 4.78 is 37.4. The molecule has 1 aliphatic rings. The van der Waals surface area contributed by atoms with Crippen LogP contribution < -0.4 is 10.6 Å². The summed E-state index contributed by atoms with van der Waals surface area (Å²) in [6.45, 7) is 4.10. The highest BCUT2D eigenvalue weighted by Crippen LogP contribution is 2.29. The molecule has 0 spiro atoms. The lowest BCUT2D eigenvalue weighted by Gasteiger charge is -2.38. The maximum Gasteiger partial charge on any atom is 0.416 e. The third-order valence-corrected chi connectivity index (χ3v) is 3.39. The summed E-state index contributed by atoms with van der Waals surface area (Å²) in [5.41, 5.74) is -0.365. The van der Waals surface area contributed by atoms with Gasteiger partial charge in [0.25, 0.3) is 0 Å². The maximum absolute atomic E-state index is 12.5. The number of benzene rings is 1. The van der Waals surface area contributed by atoms with Gasteiger partial charge >= 0.3 is 12.2 Å². The van der Waals surface area contributed by atoms with Crippen molar-refractivity contribution in [2.45, 2.75) is 25.6 Å². The average Bonchev–Trinajstić information content (AvgIpc) is 2.35. The number of alkyl halides is 3. The van der Waals surface area contributed by atoms with E-state index in [0.29, 0.717) is 12.2 Å². The third-order valence-electron chi connectivity index (χ3n) is 3.39. The first-order chi connectivity index (χ1) is 9.91. The van der Waals surface area contributed by atoms with Gasteiger partial charge in [-0.25, -0.2) is 4.79 Å². The summed E-state index contributed by atoms with van der Waals surface area (Å²) in [5, 5.41) is 5.74. The standard InChI is InChI=1S/C14H18F3N3O/c1-2-7-20(12-8-18-9-12)13(21)19-11-5-3-10(4-6-11)14(15,16)17/h3-6,12,18H,2,7-9H2,1H3,(H,19,21). The number of amides is 2. The van der Waals surface area contributed by atoms with E-state index in [4.69, 9.17) is 0 Å². The van der Waals surface area contributed by atoms with E-state index in [2.05, 4.69) is 10.6 Å². The van der Waals surface area contributed by atoms with E-state index >= 15 is 0 Å². The predicted octanol–water partition coefficient (Wildman–Crippen LogP) is 2.92. The van der Waals surface area contributed by atoms with Crippen molar-refractivity contribution in [3.63, 3.8) is 0 Å². The molecule has 2 rings (SSSR count). The molecule has 0 unspecified atom stereocenters. The summed E-state index contributed by atoms with van der Waals surface area (Å²) in [6.07, 6.45) is -3.54. The zero-order valence-electron chi connectivity index (χ0n) is 11.7. The number of anilines is 1. The van der Waals surface area contributed by atoms with E-state index in [9.17, 15) is 18.0 Å². The van der Waals surface area contributed by atoms with Gasteiger partial charge in [-0.1, -0.05) is 6.92 Å². The van der Waals surface area contributed by atoms with Gasteiger partial charge in [0.1, 0.15) is 0 Å². The minimum absolute atomic E-state index is 0.152. The monoisotopic (exact) mass is 301 g/mol. The highest BCUT2D eigenvalue weighted by Gasteiger charge is 2.30. The van der Waals surface area contributed by atoms with E-state index in [1.54, 1.807) is 4.90 Å². The topological polar surface area (TPSA) is 44.4 Å². The lowest BCUT2D eigenvalue weighted by atomic mass is 10.1. The first-order valence-electron chi connectivity index (χ1n) is 6.87. The summed E-state index contributed by atoms with van der Waals surface area (Å²) in [4.78, 5) is 13.9. The Kier molecular flexibility index (Phi) is 4.72. The van der Waals surface area contributed by atoms with E-state index in [0.717, 1.165) is 31.6 Å². The van der Waals surface area contributed by atoms with Crippen LogP contribution in [0.5, 0.6) is 0 Å². The molecule has 1 saturated heterocycles. The van der Waals surface area contributed by atoms with Crippen LogP contribution in [0.3, 0.4) is 0 Å². The van der Waals surface area contributed by atoms with Gasteiger partial charge in [-0.05, 0) is 30.7 Å². The van der Waals surface area contributed by atoms with Gasteiger partial charge in [-0.2, -0.15) is 13.2 Å². The van der Waals surface area contributed by atoms with Crippen molar-refractivity contribution in [2.24, 2.45) is 0 Å². The molecule has 1 heterocycles. The van der Waals surface area contributed by atoms with Crippen LogP contribution in [0.25, 0.3) is 0 Å². The Morgan fingerprint density at radius 1 is 1.33 bits per heavy atom. The molecular weight excluding hydrogens is 283 g/mol. The molecule has 21 heavy (non-hydrogen) atoms. The molecule has 1 fully saturated rings. The van der Waals surface area contributed by atoms with E-state index in [1.807, 2.05) is 6.92 Å². The van der Waals surface area contributed by atoms with Gasteiger partial charge in [0.05, 0.1) is 11.6 Å². The highest BCUT2D eigenvalue weighted by atomic mass is 19.4. The molecule has 116 valence electrons. The molecule has 1 aliphatic heterocycles. The summed E-state index contributed by atoms with van der Waals surface area (Å²) in [5.74, 6) is 0. The van der Waals surface area contributed by atoms with Crippen molar-refractivity contribution >= 4 is 11.7 Å². The second-order valence-electron chi connectivity index (χ2n) is 5.01. The molecule has 0 saturated carbocycles. The zero-order chi connectivity index (χ0) is 15.5. The normalized spacial score (nSPS) is 15.4. The highest BCUT2D eigenvalue weighted by molar-refractivity contribution is 5.89. The van der Waals surface area contributed by atoms with Crippen molar-refractivity contribution in [2.75, 3.05) is 25.0 Å². The Morgan fingerprint density at radius 2 is 1.95 bits per heavy atom. The molecular formula is C14H18F3N3O. The average molecular weight is 301 g/mol. The molecule has 4 nitrogen and oxygen atoms in total. The Morgan fingerprint density at radius 3 is 2.38 bits per heavy atom. The fourth-order valence-corrected chi connectivity index (χ4v) is 2.12. The number of halogens is 3. The van der Waals surface area contributed by atoms with Crippen molar-refractivity contribution in [1.82, 2.24) is 10.2 Å². The maximum atomic E-state index is 12.5. The number of hydrogen-bond donors (Lipinski definition) is 2. The Hall–Kier alpha value is -1.76. The van der Waals surface area contributed by atoms with Gasteiger partial charge in [0.2, 0.25) is 0 Å². The molecule has 0 atom stereocenters. The number of nitrogens with one attached hydrogen (secondary N) is 2. The quantitative estimate of drug-likeness (QED) is 0.898. The Labute approximate surface area is 121 Å². The zero-order valence-corrected chi connectivity index (χ0v) is 11.7. The van der Waals surface area contributed by atoms with Crippen molar-refractivity contribution in [3.8, 4) is 0 Å². The number of nitrogens with zero attached hydrogens (tertiary/aromatic N) is 1. The fourth-order valence-electron chi connectivity index (χ4n) is 2.12. The second-order valence-corrected chi connectivity index (χ2v) is 5.01. The number of rotatable bonds is 4. The van der Waals surface area contributed by atoms with Crippen LogP contribution in [-0.4, -0.2) is 36.6 Å². The number of hydrogen-bond acceptors (Lipinski definition) is 2. The van der Waals surface area contributed by atoms with Gasteiger partial charge in [0.15, 0.2) is 0 Å². The lowest BCUT2D eigenvalue weighted by Crippen LogP contribution is -2.59. The molecule has 2 amide bonds. The molecule has 7 heteroatoms. The third kappa shape index (κ3) is 3.87. The Bertz CT molecular complexity index is 483. The molecule has 1 aromatic carbocycles. The first-order valence-corrected chi connectivity index (χ1v) is 6.87. The van der Waals surface area contributed by atoms with Gasteiger partial charge in [-0.3, -0.25) is 0 Å². The number of carbonyl (C=O) groups is 1. The first kappa shape index (κ1) is 15.6. The smallest absolute Gasteiger partial charge is 0.319 e. The molecule has 2 N–H and O–H groups in total.